The number of aromatic nitrogens is 3. The summed E-state index contributed by atoms with van der Waals surface area (Å²) in [5, 5.41) is 10.5. The van der Waals surface area contributed by atoms with E-state index in [9.17, 15) is 19.5 Å². The highest BCUT2D eigenvalue weighted by Gasteiger charge is 2.39. The number of fused-ring (bicyclic) bond motifs is 1. The van der Waals surface area contributed by atoms with E-state index in [4.69, 9.17) is 13.9 Å². The molecule has 2 fully saturated rings. The van der Waals surface area contributed by atoms with Crippen molar-refractivity contribution in [2.24, 2.45) is 0 Å². The van der Waals surface area contributed by atoms with E-state index in [1.807, 2.05) is 31.2 Å². The molecule has 1 aromatic carbocycles. The summed E-state index contributed by atoms with van der Waals surface area (Å²) in [5.41, 5.74) is -1.16. The van der Waals surface area contributed by atoms with Crippen molar-refractivity contribution in [1.29, 1.82) is 0 Å². The molecule has 1 N–H and O–H groups in total. The summed E-state index contributed by atoms with van der Waals surface area (Å²) < 4.78 is 20.8. The lowest BCUT2D eigenvalue weighted by Gasteiger charge is -2.35. The number of aliphatic hydroxyl groups is 1. The number of nitrogens with zero attached hydrogens (tertiary/aromatic N) is 4. The predicted octanol–water partition coefficient (Wildman–Crippen LogP) is 5.01. The van der Waals surface area contributed by atoms with Crippen molar-refractivity contribution in [3.63, 3.8) is 0 Å². The summed E-state index contributed by atoms with van der Waals surface area (Å²) in [5.74, 6) is 0.714. The highest BCUT2D eigenvalue weighted by molar-refractivity contribution is 7.22. The van der Waals surface area contributed by atoms with Crippen molar-refractivity contribution in [1.82, 2.24) is 19.0 Å². The lowest BCUT2D eigenvalue weighted by Crippen LogP contribution is -2.57. The largest absolute Gasteiger partial charge is 0.496 e. The summed E-state index contributed by atoms with van der Waals surface area (Å²) in [4.78, 5) is 50.3. The van der Waals surface area contributed by atoms with Gasteiger partial charge in [-0.25, -0.2) is 14.3 Å². The molecule has 4 heterocycles. The second-order valence-electron chi connectivity index (χ2n) is 12.8. The molecule has 46 heavy (non-hydrogen) atoms. The lowest BCUT2D eigenvalue weighted by molar-refractivity contribution is -0.140. The number of hydrogen-bond donors (Lipinski definition) is 1. The van der Waals surface area contributed by atoms with E-state index in [0.29, 0.717) is 71.1 Å². The first kappa shape index (κ1) is 32.2. The minimum absolute atomic E-state index is 0.0635. The zero-order valence-corrected chi connectivity index (χ0v) is 27.7. The van der Waals surface area contributed by atoms with Gasteiger partial charge in [-0.05, 0) is 77.3 Å². The highest BCUT2D eigenvalue weighted by atomic mass is 32.1. The number of likely N-dealkylation sites (tertiary alicyclic amines) is 1. The number of methoxy groups -OCH3 is 1. The van der Waals surface area contributed by atoms with E-state index in [0.717, 1.165) is 29.4 Å². The molecular formula is C34H42N4O7S. The second-order valence-corrected chi connectivity index (χ2v) is 13.8. The molecule has 0 bridgehead atoms. The van der Waals surface area contributed by atoms with E-state index >= 15 is 0 Å². The van der Waals surface area contributed by atoms with Crippen molar-refractivity contribution in [3.8, 4) is 16.5 Å². The summed E-state index contributed by atoms with van der Waals surface area (Å²) in [6, 6.07) is 7.54. The zero-order valence-electron chi connectivity index (χ0n) is 26.9. The lowest BCUT2D eigenvalue weighted by atomic mass is 9.94. The number of carbonyl (C=O) groups is 1. The van der Waals surface area contributed by atoms with Gasteiger partial charge in [0.1, 0.15) is 28.5 Å². The Kier molecular flexibility index (Phi) is 9.22. The molecule has 12 heteroatoms. The molecule has 0 spiro atoms. The van der Waals surface area contributed by atoms with Crippen LogP contribution in [0.4, 0.5) is 0 Å². The molecule has 2 aliphatic rings. The number of aliphatic hydroxyl groups excluding tert-OH is 1. The van der Waals surface area contributed by atoms with Crippen LogP contribution in [-0.2, 0) is 21.6 Å². The Morgan fingerprint density at radius 3 is 2.52 bits per heavy atom. The number of amides is 1. The Balaban J connectivity index is 1.54. The monoisotopic (exact) mass is 650 g/mol. The molecule has 1 saturated heterocycles. The van der Waals surface area contributed by atoms with Crippen molar-refractivity contribution in [3.05, 3.63) is 68.7 Å². The fourth-order valence-electron chi connectivity index (χ4n) is 6.85. The molecule has 0 unspecified atom stereocenters. The van der Waals surface area contributed by atoms with E-state index in [1.165, 1.54) is 23.8 Å². The fraction of sp³-hybridized carbons (Fsp3) is 0.529. The number of aryl methyl sites for hydroxylation is 1. The van der Waals surface area contributed by atoms with Gasteiger partial charge in [0.15, 0.2) is 0 Å². The molecule has 1 aliphatic carbocycles. The molecular weight excluding hydrogens is 608 g/mol. The van der Waals surface area contributed by atoms with Crippen LogP contribution >= 0.6 is 11.3 Å². The van der Waals surface area contributed by atoms with Crippen molar-refractivity contribution >= 4 is 27.5 Å². The van der Waals surface area contributed by atoms with Crippen LogP contribution in [0.1, 0.15) is 76.0 Å². The Bertz CT molecular complexity index is 1810. The minimum atomic E-state index is -1.45. The normalized spacial score (nSPS) is 19.8. The Labute approximate surface area is 271 Å². The molecule has 1 atom stereocenters. The number of carbonyl (C=O) groups excluding carboxylic acids is 1. The standard InChI is InChI=1S/C34H42N4O7S/c1-21-27-30(40)38(34(2,3)32(41)36-17-8-5-9-18-36)33(42)37(31(27)46-28(21)29-35-16-19-44-29)20-26(24-10-6-7-11-25(24)43-4)45-23-14-12-22(39)13-15-23/h6-7,10-11,16,19,22-23,26,39H,5,8-9,12-15,17-18,20H2,1-4H3/t22?,23?,26-/m0/s1. The first-order valence-corrected chi connectivity index (χ1v) is 16.9. The molecule has 1 aliphatic heterocycles. The van der Waals surface area contributed by atoms with Crippen LogP contribution in [0.3, 0.4) is 0 Å². The Hall–Kier alpha value is -3.74. The van der Waals surface area contributed by atoms with Gasteiger partial charge in [-0.3, -0.25) is 14.2 Å². The third-order valence-electron chi connectivity index (χ3n) is 9.40. The summed E-state index contributed by atoms with van der Waals surface area (Å²) in [6.07, 6.45) is 7.35. The van der Waals surface area contributed by atoms with Gasteiger partial charge in [0.05, 0.1) is 42.3 Å². The predicted molar refractivity (Wildman–Crippen MR) is 175 cm³/mol. The average Bonchev–Trinajstić information content (AvgIpc) is 3.71. The first-order chi connectivity index (χ1) is 22.1. The minimum Gasteiger partial charge on any atom is -0.496 e. The maximum Gasteiger partial charge on any atom is 0.333 e. The van der Waals surface area contributed by atoms with Gasteiger partial charge in [-0.1, -0.05) is 18.2 Å². The Morgan fingerprint density at radius 2 is 1.85 bits per heavy atom. The summed E-state index contributed by atoms with van der Waals surface area (Å²) in [7, 11) is 1.59. The topological polar surface area (TPSA) is 129 Å². The van der Waals surface area contributed by atoms with Gasteiger partial charge in [-0.15, -0.1) is 11.3 Å². The molecule has 0 radical (unpaired) electrons. The van der Waals surface area contributed by atoms with Crippen LogP contribution in [-0.4, -0.2) is 62.4 Å². The van der Waals surface area contributed by atoms with Crippen LogP contribution in [0.5, 0.6) is 5.75 Å². The summed E-state index contributed by atoms with van der Waals surface area (Å²) in [6.45, 7) is 6.38. The van der Waals surface area contributed by atoms with E-state index in [-0.39, 0.29) is 24.7 Å². The van der Waals surface area contributed by atoms with E-state index in [1.54, 1.807) is 30.4 Å². The van der Waals surface area contributed by atoms with Crippen LogP contribution in [0.25, 0.3) is 21.0 Å². The van der Waals surface area contributed by atoms with Crippen LogP contribution in [0, 0.1) is 6.92 Å². The van der Waals surface area contributed by atoms with E-state index < -0.39 is 22.9 Å². The molecule has 4 aromatic rings. The number of thiophene rings is 1. The van der Waals surface area contributed by atoms with Crippen LogP contribution < -0.4 is 16.0 Å². The molecule has 3 aromatic heterocycles. The molecule has 6 rings (SSSR count). The van der Waals surface area contributed by atoms with Crippen molar-refractivity contribution in [2.75, 3.05) is 20.2 Å². The van der Waals surface area contributed by atoms with Gasteiger partial charge in [0.25, 0.3) is 5.56 Å². The first-order valence-electron chi connectivity index (χ1n) is 16.1. The summed E-state index contributed by atoms with van der Waals surface area (Å²) >= 11 is 1.26. The number of oxazole rings is 1. The molecule has 1 amide bonds. The number of rotatable bonds is 9. The van der Waals surface area contributed by atoms with Crippen molar-refractivity contribution in [2.45, 2.75) is 96.1 Å². The van der Waals surface area contributed by atoms with Gasteiger partial charge >= 0.3 is 5.69 Å². The van der Waals surface area contributed by atoms with Crippen LogP contribution in [0.15, 0.2) is 50.7 Å². The third-order valence-corrected chi connectivity index (χ3v) is 10.7. The van der Waals surface area contributed by atoms with Crippen LogP contribution in [0.2, 0.25) is 0 Å². The van der Waals surface area contributed by atoms with Gasteiger partial charge in [0.2, 0.25) is 11.8 Å². The Morgan fingerprint density at radius 1 is 1.13 bits per heavy atom. The van der Waals surface area contributed by atoms with E-state index in [2.05, 4.69) is 4.98 Å². The number of benzene rings is 1. The smallest absolute Gasteiger partial charge is 0.333 e. The van der Waals surface area contributed by atoms with Crippen molar-refractivity contribution < 1.29 is 23.8 Å². The maximum absolute atomic E-state index is 14.7. The fourth-order valence-corrected chi connectivity index (χ4v) is 8.09. The number of hydrogen-bond acceptors (Lipinski definition) is 9. The molecule has 11 nitrogen and oxygen atoms in total. The maximum atomic E-state index is 14.7. The molecule has 246 valence electrons. The van der Waals surface area contributed by atoms with Gasteiger partial charge in [-0.2, -0.15) is 0 Å². The average molecular weight is 651 g/mol. The second kappa shape index (κ2) is 13.2. The SMILES string of the molecule is COc1ccccc1[C@H](Cn1c(=O)n(C(C)(C)C(=O)N2CCCCC2)c(=O)c2c(C)c(-c3ncco3)sc21)OC1CCC(O)CC1. The quantitative estimate of drug-likeness (QED) is 0.268. The highest BCUT2D eigenvalue weighted by Crippen LogP contribution is 2.38. The number of ether oxygens (including phenoxy) is 2. The number of piperidine rings is 1. The molecule has 1 saturated carbocycles. The van der Waals surface area contributed by atoms with Gasteiger partial charge in [0, 0.05) is 18.7 Å². The number of para-hydroxylation sites is 1. The third kappa shape index (κ3) is 5.93. The van der Waals surface area contributed by atoms with Gasteiger partial charge < -0.3 is 23.9 Å². The zero-order chi connectivity index (χ0) is 32.6.